The van der Waals surface area contributed by atoms with Gasteiger partial charge in [0.2, 0.25) is 5.91 Å². The van der Waals surface area contributed by atoms with E-state index < -0.39 is 17.2 Å². The highest BCUT2D eigenvalue weighted by Gasteiger charge is 2.37. The summed E-state index contributed by atoms with van der Waals surface area (Å²) in [6.45, 7) is 4.11. The molecule has 5 nitrogen and oxygen atoms in total. The maximum absolute atomic E-state index is 13.2. The molecular formula is C27H34F4N4O. The largest absolute Gasteiger partial charge is 0.418 e. The third-order valence-corrected chi connectivity index (χ3v) is 7.73. The van der Waals surface area contributed by atoms with E-state index >= 15 is 0 Å². The number of rotatable bonds is 6. The van der Waals surface area contributed by atoms with Gasteiger partial charge >= 0.3 is 6.18 Å². The summed E-state index contributed by atoms with van der Waals surface area (Å²) in [6.07, 6.45) is 0.434. The first-order chi connectivity index (χ1) is 17.0. The maximum Gasteiger partial charge on any atom is 0.418 e. The van der Waals surface area contributed by atoms with Gasteiger partial charge in [-0.3, -0.25) is 4.79 Å². The van der Waals surface area contributed by atoms with Crippen molar-refractivity contribution in [1.82, 2.24) is 5.32 Å². The average molecular weight is 507 g/mol. The molecule has 1 aliphatic heterocycles. The van der Waals surface area contributed by atoms with Crippen LogP contribution in [0.2, 0.25) is 0 Å². The normalized spacial score (nSPS) is 22.2. The molecule has 0 atom stereocenters. The number of piperidine rings is 1. The monoisotopic (exact) mass is 506 g/mol. The molecule has 2 fully saturated rings. The Balaban J connectivity index is 1.21. The lowest BCUT2D eigenvalue weighted by molar-refractivity contribution is -0.137. The Kier molecular flexibility index (Phi) is 7.66. The molecule has 196 valence electrons. The van der Waals surface area contributed by atoms with Crippen LogP contribution in [-0.2, 0) is 11.0 Å². The summed E-state index contributed by atoms with van der Waals surface area (Å²) in [4.78, 5) is 15.2. The molecule has 2 aromatic carbocycles. The lowest BCUT2D eigenvalue weighted by Gasteiger charge is -2.39. The third kappa shape index (κ3) is 6.23. The predicted molar refractivity (Wildman–Crippen MR) is 134 cm³/mol. The molecule has 1 aliphatic carbocycles. The Morgan fingerprint density at radius 2 is 1.69 bits per heavy atom. The van der Waals surface area contributed by atoms with Crippen molar-refractivity contribution < 1.29 is 22.4 Å². The summed E-state index contributed by atoms with van der Waals surface area (Å²) in [6, 6.07) is 10.5. The molecule has 4 rings (SSSR count). The molecule has 1 amide bonds. The van der Waals surface area contributed by atoms with E-state index in [1.54, 1.807) is 18.2 Å². The van der Waals surface area contributed by atoms with Crippen LogP contribution in [0.1, 0.15) is 51.0 Å². The van der Waals surface area contributed by atoms with Crippen LogP contribution in [-0.4, -0.2) is 31.6 Å². The molecule has 1 heterocycles. The molecule has 0 bridgehead atoms. The topological polar surface area (TPSA) is 70.4 Å². The summed E-state index contributed by atoms with van der Waals surface area (Å²) in [5.41, 5.74) is 5.36. The second kappa shape index (κ2) is 10.6. The van der Waals surface area contributed by atoms with Gasteiger partial charge in [0.15, 0.2) is 0 Å². The maximum atomic E-state index is 13.2. The molecular weight excluding hydrogens is 472 g/mol. The van der Waals surface area contributed by atoms with Crippen molar-refractivity contribution in [3.05, 3.63) is 53.8 Å². The fraction of sp³-hybridized carbons (Fsp3) is 0.519. The molecule has 4 N–H and O–H groups in total. The molecule has 9 heteroatoms. The van der Waals surface area contributed by atoms with Crippen LogP contribution < -0.4 is 21.3 Å². The van der Waals surface area contributed by atoms with Crippen LogP contribution in [0.5, 0.6) is 0 Å². The number of nitrogens with one attached hydrogen (secondary N) is 2. The van der Waals surface area contributed by atoms with Crippen molar-refractivity contribution in [2.45, 2.75) is 57.7 Å². The third-order valence-electron chi connectivity index (χ3n) is 7.73. The minimum absolute atomic E-state index is 0.0723. The Bertz CT molecular complexity index is 1040. The fourth-order valence-electron chi connectivity index (χ4n) is 5.23. The summed E-state index contributed by atoms with van der Waals surface area (Å²) in [7, 11) is 0. The Morgan fingerprint density at radius 3 is 2.31 bits per heavy atom. The molecule has 0 spiro atoms. The van der Waals surface area contributed by atoms with Crippen molar-refractivity contribution in [2.24, 2.45) is 11.3 Å². The van der Waals surface area contributed by atoms with Crippen molar-refractivity contribution in [3.8, 4) is 0 Å². The van der Waals surface area contributed by atoms with E-state index in [1.807, 2.05) is 6.92 Å². The van der Waals surface area contributed by atoms with Crippen LogP contribution in [0.3, 0.4) is 0 Å². The van der Waals surface area contributed by atoms with Gasteiger partial charge in [0.1, 0.15) is 5.82 Å². The molecule has 36 heavy (non-hydrogen) atoms. The van der Waals surface area contributed by atoms with E-state index in [0.717, 1.165) is 63.4 Å². The SMILES string of the molecule is CC1(C(=O)NCC2CCC(Nc3ccc(N)c(C(F)(F)F)c3)CC2)CCN(c2ccc(F)cc2)CC1. The van der Waals surface area contributed by atoms with Crippen LogP contribution in [0, 0.1) is 17.2 Å². The van der Waals surface area contributed by atoms with E-state index in [9.17, 15) is 22.4 Å². The summed E-state index contributed by atoms with van der Waals surface area (Å²) in [5, 5.41) is 6.37. The zero-order valence-electron chi connectivity index (χ0n) is 20.5. The van der Waals surface area contributed by atoms with E-state index in [0.29, 0.717) is 18.2 Å². The van der Waals surface area contributed by atoms with Crippen molar-refractivity contribution in [1.29, 1.82) is 0 Å². The number of hydrogen-bond acceptors (Lipinski definition) is 4. The number of nitrogens with two attached hydrogens (primary N) is 1. The number of alkyl halides is 3. The van der Waals surface area contributed by atoms with Gasteiger partial charge in [-0.25, -0.2) is 4.39 Å². The molecule has 0 aromatic heterocycles. The second-order valence-electron chi connectivity index (χ2n) is 10.4. The van der Waals surface area contributed by atoms with Gasteiger partial charge in [-0.2, -0.15) is 13.2 Å². The number of benzene rings is 2. The summed E-state index contributed by atoms with van der Waals surface area (Å²) < 4.78 is 52.6. The van der Waals surface area contributed by atoms with Crippen LogP contribution in [0.25, 0.3) is 0 Å². The van der Waals surface area contributed by atoms with Gasteiger partial charge in [0.25, 0.3) is 0 Å². The minimum Gasteiger partial charge on any atom is -0.398 e. The van der Waals surface area contributed by atoms with E-state index in [1.165, 1.54) is 18.2 Å². The van der Waals surface area contributed by atoms with E-state index in [2.05, 4.69) is 15.5 Å². The highest BCUT2D eigenvalue weighted by atomic mass is 19.4. The highest BCUT2D eigenvalue weighted by Crippen LogP contribution is 2.36. The van der Waals surface area contributed by atoms with Crippen LogP contribution in [0.4, 0.5) is 34.6 Å². The van der Waals surface area contributed by atoms with Gasteiger partial charge in [0, 0.05) is 48.2 Å². The Morgan fingerprint density at radius 1 is 1.06 bits per heavy atom. The lowest BCUT2D eigenvalue weighted by Crippen LogP contribution is -2.48. The number of amides is 1. The minimum atomic E-state index is -4.48. The summed E-state index contributed by atoms with van der Waals surface area (Å²) in [5.74, 6) is 0.167. The predicted octanol–water partition coefficient (Wildman–Crippen LogP) is 5.82. The van der Waals surface area contributed by atoms with E-state index in [-0.39, 0.29) is 23.5 Å². The number of carbonyl (C=O) groups excluding carboxylic acids is 1. The zero-order valence-corrected chi connectivity index (χ0v) is 20.5. The number of hydrogen-bond donors (Lipinski definition) is 3. The molecule has 2 aliphatic rings. The zero-order chi connectivity index (χ0) is 25.9. The van der Waals surface area contributed by atoms with Crippen LogP contribution >= 0.6 is 0 Å². The van der Waals surface area contributed by atoms with Gasteiger partial charge in [-0.15, -0.1) is 0 Å². The number of nitrogens with zero attached hydrogens (tertiary/aromatic N) is 1. The molecule has 0 radical (unpaired) electrons. The van der Waals surface area contributed by atoms with Gasteiger partial charge < -0.3 is 21.3 Å². The first-order valence-electron chi connectivity index (χ1n) is 12.6. The van der Waals surface area contributed by atoms with Crippen LogP contribution in [0.15, 0.2) is 42.5 Å². The molecule has 2 aromatic rings. The number of carbonyl (C=O) groups is 1. The molecule has 1 saturated carbocycles. The standard InChI is InChI=1S/C27H34F4N4O/c1-26(12-14-35(15-13-26)22-9-4-19(28)5-10-22)25(36)33-17-18-2-6-20(7-3-18)34-21-8-11-24(32)23(16-21)27(29,30)31/h4-5,8-11,16,18,20,34H,2-3,6-7,12-15,17,32H2,1H3,(H,33,36). The Labute approximate surface area is 209 Å². The first kappa shape index (κ1) is 26.1. The van der Waals surface area contributed by atoms with E-state index in [4.69, 9.17) is 5.73 Å². The number of nitrogen functional groups attached to an aromatic ring is 1. The van der Waals surface area contributed by atoms with Gasteiger partial charge in [-0.05, 0) is 86.9 Å². The molecule has 1 saturated heterocycles. The van der Waals surface area contributed by atoms with Crippen molar-refractivity contribution >= 4 is 23.0 Å². The average Bonchev–Trinajstić information content (AvgIpc) is 2.85. The number of halogens is 4. The van der Waals surface area contributed by atoms with Gasteiger partial charge in [-0.1, -0.05) is 6.92 Å². The molecule has 0 unspecified atom stereocenters. The summed E-state index contributed by atoms with van der Waals surface area (Å²) >= 11 is 0. The quantitative estimate of drug-likeness (QED) is 0.341. The Hall–Kier alpha value is -2.97. The fourth-order valence-corrected chi connectivity index (χ4v) is 5.23. The smallest absolute Gasteiger partial charge is 0.398 e. The number of anilines is 3. The van der Waals surface area contributed by atoms with Gasteiger partial charge in [0.05, 0.1) is 5.56 Å². The van der Waals surface area contributed by atoms with Crippen molar-refractivity contribution in [3.63, 3.8) is 0 Å². The highest BCUT2D eigenvalue weighted by molar-refractivity contribution is 5.82. The first-order valence-corrected chi connectivity index (χ1v) is 12.6. The van der Waals surface area contributed by atoms with Crippen molar-refractivity contribution in [2.75, 3.05) is 35.6 Å². The second-order valence-corrected chi connectivity index (χ2v) is 10.4. The lowest BCUT2D eigenvalue weighted by atomic mass is 9.79.